The predicted octanol–water partition coefficient (Wildman–Crippen LogP) is 17.5. The maximum absolute atomic E-state index is 16.4. The van der Waals surface area contributed by atoms with Crippen LogP contribution in [0.2, 0.25) is 0 Å². The van der Waals surface area contributed by atoms with Gasteiger partial charge >= 0.3 is 0 Å². The quantitative estimate of drug-likeness (QED) is 0.0315. The first-order valence-corrected chi connectivity index (χ1v) is 39.3. The highest BCUT2D eigenvalue weighted by Gasteiger charge is 2.84. The summed E-state index contributed by atoms with van der Waals surface area (Å²) in [7, 11) is -15.1. The molecule has 0 aromatic heterocycles. The van der Waals surface area contributed by atoms with Crippen molar-refractivity contribution >= 4 is 36.3 Å². The highest BCUT2D eigenvalue weighted by molar-refractivity contribution is 7.86. The fourth-order valence-corrected chi connectivity index (χ4v) is 23.2. The van der Waals surface area contributed by atoms with Crippen molar-refractivity contribution in [2.75, 3.05) is 0 Å². The lowest BCUT2D eigenvalue weighted by molar-refractivity contribution is -0.136. The van der Waals surface area contributed by atoms with Crippen LogP contribution in [0.1, 0.15) is 138 Å². The maximum Gasteiger partial charge on any atom is 0.273 e. The van der Waals surface area contributed by atoms with E-state index in [-0.39, 0.29) is 16.7 Å². The van der Waals surface area contributed by atoms with Crippen molar-refractivity contribution in [3.63, 3.8) is 0 Å². The van der Waals surface area contributed by atoms with Crippen molar-refractivity contribution in [2.24, 2.45) is 11.1 Å². The third-order valence-electron chi connectivity index (χ3n) is 23.2. The third-order valence-corrected chi connectivity index (χ3v) is 26.9. The van der Waals surface area contributed by atoms with Crippen molar-refractivity contribution in [1.82, 2.24) is 0 Å². The topological polar surface area (TPSA) is 206 Å². The molecule has 14 heteroatoms. The number of benzene rings is 12. The Bertz CT molecular complexity index is 4550. The number of rotatable bonds is 25. The average molecular weight is 1420 g/mol. The van der Waals surface area contributed by atoms with Crippen LogP contribution in [0.5, 0.6) is 0 Å². The molecule has 0 aliphatic heterocycles. The van der Waals surface area contributed by atoms with Crippen LogP contribution in [0.3, 0.4) is 0 Å². The Kier molecular flexibility index (Phi) is 17.5. The molecule has 3 atom stereocenters. The van der Waals surface area contributed by atoms with Crippen molar-refractivity contribution in [3.05, 3.63) is 429 Å². The van der Waals surface area contributed by atoms with Crippen molar-refractivity contribution < 1.29 is 43.7 Å². The number of carbonyl (C=O) groups excluding carboxylic acids is 1. The molecule has 0 spiro atoms. The second-order valence-corrected chi connectivity index (χ2v) is 32.6. The summed E-state index contributed by atoms with van der Waals surface area (Å²) in [4.78, 5) is 16.4. The fraction of sp³-hybridized carbons (Fsp3) is 0.180. The average Bonchev–Trinajstić information content (AvgIpc) is 1.46. The Balaban J connectivity index is 0.937. The number of hydrogen-bond acceptors (Lipinski definition) is 7. The first-order chi connectivity index (χ1) is 49.8. The lowest BCUT2D eigenvalue weighted by atomic mass is 9.48. The summed E-state index contributed by atoms with van der Waals surface area (Å²) in [5.74, 6) is -0.580. The van der Waals surface area contributed by atoms with Gasteiger partial charge in [0.15, 0.2) is 0 Å². The van der Waals surface area contributed by atoms with Gasteiger partial charge in [0.25, 0.3) is 30.4 Å². The molecule has 5 N–H and O–H groups in total. The summed E-state index contributed by atoms with van der Waals surface area (Å²) in [6.45, 7) is 0. The van der Waals surface area contributed by atoms with E-state index in [2.05, 4.69) is 0 Å². The van der Waals surface area contributed by atoms with Gasteiger partial charge < -0.3 is 5.73 Å². The third kappa shape index (κ3) is 11.0. The van der Waals surface area contributed by atoms with Crippen LogP contribution in [0.4, 0.5) is 0 Å². The first kappa shape index (κ1) is 68.6. The number of hydrogen-bond donors (Lipinski definition) is 4. The Labute approximate surface area is 603 Å². The van der Waals surface area contributed by atoms with E-state index in [1.54, 1.807) is 36.4 Å². The van der Waals surface area contributed by atoms with Crippen LogP contribution in [0, 0.1) is 5.41 Å². The normalized spacial score (nSPS) is 17.0. The van der Waals surface area contributed by atoms with E-state index in [4.69, 9.17) is 5.73 Å². The largest absolute Gasteiger partial charge is 0.369 e. The van der Waals surface area contributed by atoms with Crippen molar-refractivity contribution in [3.8, 4) is 0 Å². The molecule has 3 aliphatic carbocycles. The Morgan fingerprint density at radius 3 is 0.524 bits per heavy atom. The molecule has 0 heterocycles. The molecular formula is C89H77NO10S3. The van der Waals surface area contributed by atoms with Gasteiger partial charge in [0.2, 0.25) is 5.91 Å². The van der Waals surface area contributed by atoms with Gasteiger partial charge in [0, 0.05) is 16.2 Å². The highest BCUT2D eigenvalue weighted by atomic mass is 32.2. The van der Waals surface area contributed by atoms with E-state index in [0.29, 0.717) is 105 Å². The molecule has 3 saturated carbocycles. The molecule has 3 fully saturated rings. The van der Waals surface area contributed by atoms with Crippen LogP contribution in [-0.4, -0.2) is 44.8 Å². The van der Waals surface area contributed by atoms with Crippen molar-refractivity contribution in [2.45, 2.75) is 86.8 Å². The van der Waals surface area contributed by atoms with E-state index in [1.807, 2.05) is 309 Å². The molecule has 11 nitrogen and oxygen atoms in total. The van der Waals surface area contributed by atoms with E-state index in [0.717, 1.165) is 0 Å². The highest BCUT2D eigenvalue weighted by Crippen LogP contribution is 2.83. The van der Waals surface area contributed by atoms with Gasteiger partial charge in [-0.25, -0.2) is 0 Å². The number of carbonyl (C=O) groups is 1. The lowest BCUT2D eigenvalue weighted by Crippen LogP contribution is -2.61. The molecule has 3 aliphatic rings. The van der Waals surface area contributed by atoms with Crippen LogP contribution < -0.4 is 5.73 Å². The Morgan fingerprint density at radius 2 is 0.408 bits per heavy atom. The van der Waals surface area contributed by atoms with Gasteiger partial charge in [-0.15, -0.1) is 0 Å². The van der Waals surface area contributed by atoms with Crippen LogP contribution in [-0.2, 0) is 67.6 Å². The SMILES string of the molecule is NC(=O)C(C1(c2ccc(C(C(c3ccccc3)(c3ccccc3)c3ccccc3)S(=O)(=O)O)cc2)CC1)(C1(c2ccc(C(C(c3ccccc3)(c3ccccc3)c3ccccc3)S(=O)(=O)O)cc2)CC1)C1(c2ccc(C(C(c3ccccc3)(c3ccccc3)c3ccccc3)S(=O)(=O)O)cc2)CC1. The van der Waals surface area contributed by atoms with Gasteiger partial charge in [-0.05, 0) is 122 Å². The monoisotopic (exact) mass is 1420 g/mol. The number of primary amides is 1. The second kappa shape index (κ2) is 26.3. The van der Waals surface area contributed by atoms with Gasteiger partial charge in [-0.1, -0.05) is 346 Å². The van der Waals surface area contributed by atoms with Gasteiger partial charge in [0.1, 0.15) is 15.7 Å². The summed E-state index contributed by atoms with van der Waals surface area (Å²) in [5.41, 5.74) is 6.77. The predicted molar refractivity (Wildman–Crippen MR) is 404 cm³/mol. The van der Waals surface area contributed by atoms with Crippen molar-refractivity contribution in [1.29, 1.82) is 0 Å². The van der Waals surface area contributed by atoms with E-state index >= 15 is 4.79 Å². The second-order valence-electron chi connectivity index (χ2n) is 28.1. The summed E-state index contributed by atoms with van der Waals surface area (Å²) in [6.07, 6.45) is 2.81. The van der Waals surface area contributed by atoms with E-state index in [9.17, 15) is 38.9 Å². The molecule has 516 valence electrons. The summed E-state index contributed by atoms with van der Waals surface area (Å²) in [6, 6.07) is 106. The zero-order valence-corrected chi connectivity index (χ0v) is 58.8. The maximum atomic E-state index is 16.4. The minimum atomic E-state index is -5.03. The molecule has 12 aromatic carbocycles. The molecule has 0 saturated heterocycles. The minimum absolute atomic E-state index is 0.286. The minimum Gasteiger partial charge on any atom is -0.369 e. The molecule has 3 unspecified atom stereocenters. The lowest BCUT2D eigenvalue weighted by Gasteiger charge is -2.52. The molecule has 0 radical (unpaired) electrons. The van der Waals surface area contributed by atoms with Gasteiger partial charge in [0.05, 0.1) is 21.7 Å². The number of nitrogens with two attached hydrogens (primary N) is 1. The number of amides is 1. The van der Waals surface area contributed by atoms with Gasteiger partial charge in [-0.3, -0.25) is 18.5 Å². The standard InChI is InChI=1S/C89H77NO10S3/c90-82(91)89(83(58-59-83)67-52-46-64(47-53-67)79(101(92,93)94)86(70-28-10-1-11-29-70,71-30-12-2-13-31-71)72-32-14-3-15-33-72,84(60-61-84)68-54-48-65(49-55-68)80(102(95,96)97)87(73-34-16-4-17-35-73,74-36-18-5-19-37-74)75-38-20-6-21-39-75)85(62-63-85)69-56-50-66(51-57-69)81(103(98,99)100)88(76-40-22-7-23-41-76,77-42-24-8-25-43-77)78-44-26-9-27-45-78/h1-57,79-81H,58-63H2,(H2,90,91)(H,92,93,94)(H,95,96,97)(H,98,99,100). The van der Waals surface area contributed by atoms with E-state index in [1.165, 1.54) is 0 Å². The molecule has 15 rings (SSSR count). The molecule has 12 aromatic rings. The summed E-state index contributed by atoms with van der Waals surface area (Å²) < 4.78 is 125. The Hall–Kier alpha value is -10.2. The Morgan fingerprint density at radius 1 is 0.262 bits per heavy atom. The van der Waals surface area contributed by atoms with Crippen LogP contribution >= 0.6 is 0 Å². The first-order valence-electron chi connectivity index (χ1n) is 34.8. The molecular weight excluding hydrogens is 1340 g/mol. The van der Waals surface area contributed by atoms with Crippen LogP contribution in [0.25, 0.3) is 0 Å². The molecule has 1 amide bonds. The summed E-state index contributed by atoms with van der Waals surface area (Å²) in [5, 5.41) is -4.86. The summed E-state index contributed by atoms with van der Waals surface area (Å²) >= 11 is 0. The van der Waals surface area contributed by atoms with E-state index < -0.39 is 89.9 Å². The van der Waals surface area contributed by atoms with Crippen LogP contribution in [0.15, 0.2) is 346 Å². The fourth-order valence-electron chi connectivity index (χ4n) is 19.1. The smallest absolute Gasteiger partial charge is 0.273 e. The zero-order chi connectivity index (χ0) is 71.5. The molecule has 103 heavy (non-hydrogen) atoms. The molecule has 0 bridgehead atoms. The zero-order valence-electron chi connectivity index (χ0n) is 56.4. The van der Waals surface area contributed by atoms with Gasteiger partial charge in [-0.2, -0.15) is 25.3 Å².